The van der Waals surface area contributed by atoms with Crippen LogP contribution in [0.2, 0.25) is 0 Å². The van der Waals surface area contributed by atoms with Crippen LogP contribution in [0.3, 0.4) is 0 Å². The van der Waals surface area contributed by atoms with E-state index in [4.69, 9.17) is 0 Å². The maximum Gasteiger partial charge on any atom is 0.225 e. The van der Waals surface area contributed by atoms with Crippen LogP contribution >= 0.6 is 0 Å². The quantitative estimate of drug-likeness (QED) is 0.721. The number of carbonyl (C=O) groups is 2. The lowest BCUT2D eigenvalue weighted by Gasteiger charge is -2.34. The molecule has 4 nitrogen and oxygen atoms in total. The summed E-state index contributed by atoms with van der Waals surface area (Å²) >= 11 is 0. The Morgan fingerprint density at radius 1 is 0.929 bits per heavy atom. The third-order valence-electron chi connectivity index (χ3n) is 6.72. The van der Waals surface area contributed by atoms with Crippen LogP contribution in [-0.2, 0) is 11.3 Å². The van der Waals surface area contributed by atoms with Gasteiger partial charge in [-0.1, -0.05) is 18.9 Å². The van der Waals surface area contributed by atoms with Crippen molar-refractivity contribution in [2.45, 2.75) is 72.8 Å². The van der Waals surface area contributed by atoms with E-state index in [2.05, 4.69) is 29.7 Å². The third kappa shape index (κ3) is 4.65. The zero-order chi connectivity index (χ0) is 20.3. The molecule has 0 radical (unpaired) electrons. The molecule has 0 saturated carbocycles. The summed E-state index contributed by atoms with van der Waals surface area (Å²) in [5, 5.41) is 0. The van der Waals surface area contributed by atoms with Crippen LogP contribution in [0.1, 0.15) is 78.1 Å². The summed E-state index contributed by atoms with van der Waals surface area (Å²) in [6.45, 7) is 12.6. The van der Waals surface area contributed by atoms with Gasteiger partial charge in [-0.3, -0.25) is 14.5 Å². The maximum absolute atomic E-state index is 12.9. The SMILES string of the molecule is CC(=O)c1c(C)cc(C)c(CN2CCC(C(=O)N3CCCCCC3)CC2)c1C. The topological polar surface area (TPSA) is 40.6 Å². The highest BCUT2D eigenvalue weighted by Crippen LogP contribution is 2.27. The molecule has 4 heteroatoms. The van der Waals surface area contributed by atoms with Gasteiger partial charge in [-0.25, -0.2) is 0 Å². The van der Waals surface area contributed by atoms with Crippen molar-refractivity contribution in [3.8, 4) is 0 Å². The minimum Gasteiger partial charge on any atom is -0.342 e. The number of aryl methyl sites for hydroxylation is 2. The summed E-state index contributed by atoms with van der Waals surface area (Å²) in [5.41, 5.74) is 5.64. The van der Waals surface area contributed by atoms with Crippen molar-refractivity contribution < 1.29 is 9.59 Å². The van der Waals surface area contributed by atoms with E-state index in [1.165, 1.54) is 24.0 Å². The molecule has 0 aromatic heterocycles. The Bertz CT molecular complexity index is 725. The normalized spacial score (nSPS) is 19.5. The summed E-state index contributed by atoms with van der Waals surface area (Å²) in [6, 6.07) is 2.15. The number of nitrogens with zero attached hydrogens (tertiary/aromatic N) is 2. The van der Waals surface area contributed by atoms with Crippen LogP contribution in [0, 0.1) is 26.7 Å². The Morgan fingerprint density at radius 3 is 2.11 bits per heavy atom. The lowest BCUT2D eigenvalue weighted by atomic mass is 9.90. The van der Waals surface area contributed by atoms with Crippen molar-refractivity contribution in [1.82, 2.24) is 9.80 Å². The fraction of sp³-hybridized carbons (Fsp3) is 0.667. The molecular weight excluding hydrogens is 348 g/mol. The minimum absolute atomic E-state index is 0.151. The van der Waals surface area contributed by atoms with E-state index in [0.717, 1.165) is 75.1 Å². The summed E-state index contributed by atoms with van der Waals surface area (Å²) < 4.78 is 0. The Balaban J connectivity index is 1.62. The third-order valence-corrected chi connectivity index (χ3v) is 6.72. The second-order valence-corrected chi connectivity index (χ2v) is 8.84. The van der Waals surface area contributed by atoms with Crippen molar-refractivity contribution in [3.63, 3.8) is 0 Å². The number of piperidine rings is 1. The predicted molar refractivity (Wildman–Crippen MR) is 114 cm³/mol. The number of rotatable bonds is 4. The van der Waals surface area contributed by atoms with Crippen LogP contribution in [0.25, 0.3) is 0 Å². The summed E-state index contributed by atoms with van der Waals surface area (Å²) in [6.07, 6.45) is 6.77. The first kappa shape index (κ1) is 21.0. The Kier molecular flexibility index (Phi) is 6.92. The Hall–Kier alpha value is -1.68. The first-order chi connectivity index (χ1) is 13.4. The number of carbonyl (C=O) groups excluding carboxylic acids is 2. The smallest absolute Gasteiger partial charge is 0.225 e. The van der Waals surface area contributed by atoms with E-state index in [1.54, 1.807) is 6.92 Å². The average molecular weight is 385 g/mol. The lowest BCUT2D eigenvalue weighted by molar-refractivity contribution is -0.137. The summed E-state index contributed by atoms with van der Waals surface area (Å²) in [5.74, 6) is 0.739. The first-order valence-corrected chi connectivity index (χ1v) is 11.0. The predicted octanol–water partition coefficient (Wildman–Crippen LogP) is 4.43. The number of hydrogen-bond donors (Lipinski definition) is 0. The number of amides is 1. The van der Waals surface area contributed by atoms with Gasteiger partial charge in [0, 0.05) is 31.1 Å². The van der Waals surface area contributed by atoms with Gasteiger partial charge in [-0.2, -0.15) is 0 Å². The minimum atomic E-state index is 0.151. The highest BCUT2D eigenvalue weighted by Gasteiger charge is 2.29. The first-order valence-electron chi connectivity index (χ1n) is 11.0. The van der Waals surface area contributed by atoms with Crippen molar-refractivity contribution in [2.75, 3.05) is 26.2 Å². The number of Topliss-reactive ketones (excluding diaryl/α,β-unsaturated/α-hetero) is 1. The van der Waals surface area contributed by atoms with Crippen molar-refractivity contribution in [3.05, 3.63) is 33.9 Å². The van der Waals surface area contributed by atoms with Crippen molar-refractivity contribution in [2.24, 2.45) is 5.92 Å². The zero-order valence-electron chi connectivity index (χ0n) is 18.1. The Morgan fingerprint density at radius 2 is 1.54 bits per heavy atom. The lowest BCUT2D eigenvalue weighted by Crippen LogP contribution is -2.42. The van der Waals surface area contributed by atoms with Crippen LogP contribution in [0.4, 0.5) is 0 Å². The average Bonchev–Trinajstić information content (AvgIpc) is 2.94. The zero-order valence-corrected chi connectivity index (χ0v) is 18.1. The summed E-state index contributed by atoms with van der Waals surface area (Å²) in [7, 11) is 0. The fourth-order valence-corrected chi connectivity index (χ4v) is 5.12. The second-order valence-electron chi connectivity index (χ2n) is 8.84. The molecule has 1 aromatic carbocycles. The van der Waals surface area contributed by atoms with Gasteiger partial charge in [0.1, 0.15) is 0 Å². The van der Waals surface area contributed by atoms with E-state index in [9.17, 15) is 9.59 Å². The standard InChI is InChI=1S/C24H36N2O2/c1-17-15-18(2)23(20(4)27)19(3)22(17)16-25-13-9-21(10-14-25)24(28)26-11-7-5-6-8-12-26/h15,21H,5-14,16H2,1-4H3. The number of hydrogen-bond acceptors (Lipinski definition) is 3. The molecule has 154 valence electrons. The van der Waals surface area contributed by atoms with Gasteiger partial charge >= 0.3 is 0 Å². The van der Waals surface area contributed by atoms with E-state index in [0.29, 0.717) is 5.91 Å². The van der Waals surface area contributed by atoms with Crippen molar-refractivity contribution in [1.29, 1.82) is 0 Å². The molecule has 0 unspecified atom stereocenters. The molecule has 0 bridgehead atoms. The highest BCUT2D eigenvalue weighted by molar-refractivity contribution is 5.97. The molecule has 2 fully saturated rings. The van der Waals surface area contributed by atoms with Gasteiger partial charge < -0.3 is 4.90 Å². The second kappa shape index (κ2) is 9.21. The van der Waals surface area contributed by atoms with Gasteiger partial charge in [-0.05, 0) is 88.7 Å². The Labute approximate surface area is 170 Å². The molecule has 0 atom stereocenters. The molecule has 2 heterocycles. The molecule has 28 heavy (non-hydrogen) atoms. The van der Waals surface area contributed by atoms with E-state index in [1.807, 2.05) is 6.92 Å². The molecule has 1 aromatic rings. The molecular formula is C24H36N2O2. The fourth-order valence-electron chi connectivity index (χ4n) is 5.12. The summed E-state index contributed by atoms with van der Waals surface area (Å²) in [4.78, 5) is 29.6. The van der Waals surface area contributed by atoms with Crippen LogP contribution in [-0.4, -0.2) is 47.7 Å². The van der Waals surface area contributed by atoms with E-state index in [-0.39, 0.29) is 11.7 Å². The number of benzene rings is 1. The molecule has 0 spiro atoms. The molecule has 3 rings (SSSR count). The largest absolute Gasteiger partial charge is 0.342 e. The van der Waals surface area contributed by atoms with Crippen LogP contribution in [0.15, 0.2) is 6.07 Å². The molecule has 0 aliphatic carbocycles. The van der Waals surface area contributed by atoms with Gasteiger partial charge in [0.25, 0.3) is 0 Å². The molecule has 0 N–H and O–H groups in total. The molecule has 2 aliphatic rings. The highest BCUT2D eigenvalue weighted by atomic mass is 16.2. The van der Waals surface area contributed by atoms with Gasteiger partial charge in [-0.15, -0.1) is 0 Å². The van der Waals surface area contributed by atoms with Gasteiger partial charge in [0.05, 0.1) is 0 Å². The number of ketones is 1. The monoisotopic (exact) mass is 384 g/mol. The molecule has 1 amide bonds. The van der Waals surface area contributed by atoms with Crippen molar-refractivity contribution >= 4 is 11.7 Å². The van der Waals surface area contributed by atoms with Gasteiger partial charge in [0.2, 0.25) is 5.91 Å². The van der Waals surface area contributed by atoms with E-state index >= 15 is 0 Å². The molecule has 2 aliphatic heterocycles. The maximum atomic E-state index is 12.9. The number of likely N-dealkylation sites (tertiary alicyclic amines) is 2. The molecule has 2 saturated heterocycles. The van der Waals surface area contributed by atoms with Gasteiger partial charge in [0.15, 0.2) is 5.78 Å². The van der Waals surface area contributed by atoms with Crippen LogP contribution in [0.5, 0.6) is 0 Å². The van der Waals surface area contributed by atoms with Crippen LogP contribution < -0.4 is 0 Å². The van der Waals surface area contributed by atoms with E-state index < -0.39 is 0 Å².